The summed E-state index contributed by atoms with van der Waals surface area (Å²) in [6, 6.07) is 8.93. The summed E-state index contributed by atoms with van der Waals surface area (Å²) in [7, 11) is -2.16. The fraction of sp³-hybridized carbons (Fsp3) is 0.379. The molecule has 41 heavy (non-hydrogen) atoms. The molecule has 3 aromatic rings. The molecule has 0 spiro atoms. The Balaban J connectivity index is 1.67. The molecule has 0 fully saturated rings. The first-order chi connectivity index (χ1) is 19.0. The normalized spacial score (nSPS) is 14.0. The number of sulfonamides is 1. The maximum atomic E-state index is 13.5. The number of nitrogens with one attached hydrogen (secondary N) is 4. The molecule has 0 saturated carbocycles. The summed E-state index contributed by atoms with van der Waals surface area (Å²) >= 11 is 0. The molecule has 11 nitrogen and oxygen atoms in total. The monoisotopic (exact) mass is 581 g/mol. The van der Waals surface area contributed by atoms with Crippen LogP contribution in [-0.4, -0.2) is 37.2 Å². The van der Waals surface area contributed by atoms with Gasteiger partial charge in [0.1, 0.15) is 0 Å². The molecule has 0 unspecified atom stereocenters. The zero-order valence-electron chi connectivity index (χ0n) is 25.0. The lowest BCUT2D eigenvalue weighted by atomic mass is 9.86. The molecule has 220 valence electrons. The number of amides is 1. The van der Waals surface area contributed by atoms with Gasteiger partial charge in [0.15, 0.2) is 5.75 Å². The van der Waals surface area contributed by atoms with Crippen LogP contribution in [0.5, 0.6) is 5.75 Å². The van der Waals surface area contributed by atoms with Crippen LogP contribution in [0.4, 0.5) is 17.1 Å². The smallest absolute Gasteiger partial charge is 0.255 e. The summed E-state index contributed by atoms with van der Waals surface area (Å²) in [5, 5.41) is 4.74. The van der Waals surface area contributed by atoms with Gasteiger partial charge in [0.2, 0.25) is 10.0 Å². The minimum absolute atomic E-state index is 0.155. The molecule has 2 aromatic carbocycles. The summed E-state index contributed by atoms with van der Waals surface area (Å²) in [5.41, 5.74) is 11.2. The summed E-state index contributed by atoms with van der Waals surface area (Å²) < 4.78 is 34.3. The van der Waals surface area contributed by atoms with Crippen molar-refractivity contribution in [1.29, 1.82) is 0 Å². The number of carbonyl (C=O) groups excluding carboxylic acids is 1. The van der Waals surface area contributed by atoms with Crippen molar-refractivity contribution in [3.63, 3.8) is 0 Å². The Morgan fingerprint density at radius 2 is 1.73 bits per heavy atom. The first kappa shape index (κ1) is 29.9. The maximum Gasteiger partial charge on any atom is 0.255 e. The van der Waals surface area contributed by atoms with E-state index in [-0.39, 0.29) is 28.3 Å². The summed E-state index contributed by atoms with van der Waals surface area (Å²) in [6.07, 6.45) is 6.59. The van der Waals surface area contributed by atoms with Gasteiger partial charge in [-0.05, 0) is 68.5 Å². The summed E-state index contributed by atoms with van der Waals surface area (Å²) in [4.78, 5) is 17.9. The van der Waals surface area contributed by atoms with E-state index in [1.807, 2.05) is 45.0 Å². The highest BCUT2D eigenvalue weighted by atomic mass is 32.2. The number of nitrogens with zero attached hydrogens (tertiary/aromatic N) is 3. The van der Waals surface area contributed by atoms with Gasteiger partial charge >= 0.3 is 0 Å². The van der Waals surface area contributed by atoms with E-state index in [4.69, 9.17) is 4.74 Å². The van der Waals surface area contributed by atoms with E-state index < -0.39 is 10.0 Å². The number of imidazole rings is 1. The first-order valence-electron chi connectivity index (χ1n) is 13.2. The van der Waals surface area contributed by atoms with Crippen LogP contribution in [-0.2, 0) is 21.0 Å². The maximum absolute atomic E-state index is 13.5. The molecule has 12 heteroatoms. The Hall–Kier alpha value is -4.03. The van der Waals surface area contributed by atoms with Gasteiger partial charge in [-0.3, -0.25) is 20.0 Å². The molecule has 1 aliphatic rings. The van der Waals surface area contributed by atoms with Crippen LogP contribution in [0.15, 0.2) is 49.1 Å². The molecule has 1 aromatic heterocycles. The molecular formula is C29H39N7O4S. The van der Waals surface area contributed by atoms with Gasteiger partial charge in [0, 0.05) is 11.1 Å². The lowest BCUT2D eigenvalue weighted by molar-refractivity contribution is 0.102. The van der Waals surface area contributed by atoms with Crippen LogP contribution in [0.25, 0.3) is 5.70 Å². The number of hydrogen-bond donors (Lipinski definition) is 4. The average molecular weight is 582 g/mol. The molecule has 0 aliphatic carbocycles. The highest BCUT2D eigenvalue weighted by Gasteiger charge is 2.25. The van der Waals surface area contributed by atoms with Crippen molar-refractivity contribution >= 4 is 38.7 Å². The van der Waals surface area contributed by atoms with E-state index >= 15 is 0 Å². The van der Waals surface area contributed by atoms with Crippen molar-refractivity contribution in [3.05, 3.63) is 71.4 Å². The number of aryl methyl sites for hydroxylation is 1. The van der Waals surface area contributed by atoms with Crippen molar-refractivity contribution in [2.75, 3.05) is 28.4 Å². The van der Waals surface area contributed by atoms with E-state index in [2.05, 4.69) is 51.3 Å². The van der Waals surface area contributed by atoms with E-state index in [0.29, 0.717) is 11.3 Å². The van der Waals surface area contributed by atoms with Crippen molar-refractivity contribution in [2.24, 2.45) is 0 Å². The fourth-order valence-corrected chi connectivity index (χ4v) is 5.01. The van der Waals surface area contributed by atoms with Gasteiger partial charge < -0.3 is 14.6 Å². The second-order valence-corrected chi connectivity index (χ2v) is 13.9. The molecule has 1 aliphatic heterocycles. The predicted octanol–water partition coefficient (Wildman–Crippen LogP) is 4.70. The number of ether oxygens (including phenoxy) is 1. The minimum atomic E-state index is -3.59. The molecule has 0 radical (unpaired) electrons. The minimum Gasteiger partial charge on any atom is -0.492 e. The van der Waals surface area contributed by atoms with Gasteiger partial charge in [-0.25, -0.2) is 13.4 Å². The van der Waals surface area contributed by atoms with Crippen LogP contribution in [0, 0.1) is 6.92 Å². The first-order valence-corrected chi connectivity index (χ1v) is 15.1. The van der Waals surface area contributed by atoms with Crippen LogP contribution in [0.3, 0.4) is 0 Å². The number of hydrogen-bond acceptors (Lipinski definition) is 8. The van der Waals surface area contributed by atoms with Crippen LogP contribution in [0.1, 0.15) is 68.7 Å². The zero-order valence-corrected chi connectivity index (χ0v) is 25.8. The number of methoxy groups -OCH3 is 1. The SMILES string of the molecule is COc1c(NC(=O)c2ccc(C)c(N3C=C(c4cncn4C(C)(C)C)NN3)c2)cc(C(C)(C)C)cc1NS(C)(=O)=O. The van der Waals surface area contributed by atoms with Gasteiger partial charge in [-0.2, -0.15) is 0 Å². The quantitative estimate of drug-likeness (QED) is 0.316. The van der Waals surface area contributed by atoms with Crippen molar-refractivity contribution in [2.45, 2.75) is 59.4 Å². The second-order valence-electron chi connectivity index (χ2n) is 12.2. The molecule has 0 saturated heterocycles. The molecule has 0 bridgehead atoms. The van der Waals surface area contributed by atoms with E-state index in [9.17, 15) is 13.2 Å². The van der Waals surface area contributed by atoms with Crippen LogP contribution in [0.2, 0.25) is 0 Å². The fourth-order valence-electron chi connectivity index (χ4n) is 4.46. The standard InChI is InChI=1S/C29H39N7O4S/c1-18-10-11-19(12-24(18)36-16-23(32-34-36)25-15-30-17-35(25)29(5,6)7)27(37)31-21-13-20(28(2,3)4)14-22(26(21)40-8)33-41(9,38)39/h10-17,32-34H,1-9H3,(H,31,37). The number of aromatic nitrogens is 2. The summed E-state index contributed by atoms with van der Waals surface area (Å²) in [5.74, 6) is -0.152. The van der Waals surface area contributed by atoms with E-state index in [1.165, 1.54) is 7.11 Å². The molecular weight excluding hydrogens is 542 g/mol. The average Bonchev–Trinajstić information content (AvgIpc) is 3.52. The van der Waals surface area contributed by atoms with Gasteiger partial charge in [-0.15, -0.1) is 5.53 Å². The summed E-state index contributed by atoms with van der Waals surface area (Å²) in [6.45, 7) is 14.3. The largest absolute Gasteiger partial charge is 0.492 e. The van der Waals surface area contributed by atoms with Crippen molar-refractivity contribution in [3.8, 4) is 5.75 Å². The van der Waals surface area contributed by atoms with E-state index in [1.54, 1.807) is 36.8 Å². The number of carbonyl (C=O) groups is 1. The predicted molar refractivity (Wildman–Crippen MR) is 163 cm³/mol. The van der Waals surface area contributed by atoms with Crippen LogP contribution >= 0.6 is 0 Å². The lowest BCUT2D eigenvalue weighted by Crippen LogP contribution is -2.37. The number of benzene rings is 2. The van der Waals surface area contributed by atoms with Gasteiger partial charge in [0.05, 0.1) is 60.5 Å². The van der Waals surface area contributed by atoms with Crippen molar-refractivity contribution in [1.82, 2.24) is 20.5 Å². The van der Waals surface area contributed by atoms with Crippen molar-refractivity contribution < 1.29 is 17.9 Å². The zero-order chi connectivity index (χ0) is 30.3. The Bertz CT molecular complexity index is 1610. The molecule has 4 rings (SSSR count). The highest BCUT2D eigenvalue weighted by molar-refractivity contribution is 7.92. The van der Waals surface area contributed by atoms with Gasteiger partial charge in [-0.1, -0.05) is 26.8 Å². The van der Waals surface area contributed by atoms with E-state index in [0.717, 1.165) is 34.5 Å². The Morgan fingerprint density at radius 1 is 1.05 bits per heavy atom. The molecule has 2 heterocycles. The second kappa shape index (κ2) is 10.7. The Morgan fingerprint density at radius 3 is 2.34 bits per heavy atom. The lowest BCUT2D eigenvalue weighted by Gasteiger charge is -2.24. The third kappa shape index (κ3) is 6.66. The third-order valence-corrected chi connectivity index (χ3v) is 7.23. The third-order valence-electron chi connectivity index (χ3n) is 6.64. The Kier molecular flexibility index (Phi) is 7.85. The van der Waals surface area contributed by atoms with Gasteiger partial charge in [0.25, 0.3) is 5.91 Å². The number of rotatable bonds is 7. The topological polar surface area (TPSA) is 130 Å². The Labute approximate surface area is 242 Å². The molecule has 1 amide bonds. The van der Waals surface area contributed by atoms with Crippen LogP contribution < -0.4 is 30.7 Å². The molecule has 0 atom stereocenters. The molecule has 4 N–H and O–H groups in total. The number of hydrazine groups is 2. The highest BCUT2D eigenvalue weighted by Crippen LogP contribution is 2.39. The number of anilines is 3.